The van der Waals surface area contributed by atoms with Crippen LogP contribution in [0.2, 0.25) is 0 Å². The lowest BCUT2D eigenvalue weighted by molar-refractivity contribution is -0.142. The minimum atomic E-state index is -4.65. The highest BCUT2D eigenvalue weighted by Gasteiger charge is 2.35. The number of aromatic nitrogens is 5. The summed E-state index contributed by atoms with van der Waals surface area (Å²) in [6.07, 6.45) is 1.92. The Labute approximate surface area is 179 Å². The maximum Gasteiger partial charge on any atom is 0.433 e. The van der Waals surface area contributed by atoms with E-state index in [1.807, 2.05) is 23.8 Å². The van der Waals surface area contributed by atoms with Crippen molar-refractivity contribution in [3.63, 3.8) is 0 Å². The van der Waals surface area contributed by atoms with Gasteiger partial charge in [-0.2, -0.15) is 18.3 Å². The Bertz CT molecular complexity index is 1200. The minimum absolute atomic E-state index is 0.0279. The number of amides is 1. The van der Waals surface area contributed by atoms with E-state index in [-0.39, 0.29) is 17.0 Å². The summed E-state index contributed by atoms with van der Waals surface area (Å²) in [5.41, 5.74) is -0.909. The number of alkyl halides is 3. The molecule has 4 heterocycles. The van der Waals surface area contributed by atoms with Crippen molar-refractivity contribution in [1.82, 2.24) is 29.5 Å². The van der Waals surface area contributed by atoms with Crippen molar-refractivity contribution < 1.29 is 18.0 Å². The second kappa shape index (κ2) is 8.50. The van der Waals surface area contributed by atoms with Crippen LogP contribution in [0.5, 0.6) is 0 Å². The Kier molecular flexibility index (Phi) is 5.77. The summed E-state index contributed by atoms with van der Waals surface area (Å²) in [5, 5.41) is 6.56. The molecule has 0 unspecified atom stereocenters. The van der Waals surface area contributed by atoms with Crippen LogP contribution >= 0.6 is 11.3 Å². The smallest absolute Gasteiger partial charge is 0.351 e. The minimum Gasteiger partial charge on any atom is -0.351 e. The van der Waals surface area contributed by atoms with Crippen LogP contribution in [-0.4, -0.2) is 36.6 Å². The molecule has 0 fully saturated rings. The standard InChI is InChI=1S/C20H19F3N6OS/c1-2-13-4-5-16(31-13)14-10-17(20(21,22)23)29-18(26-14)11-15(27-29)19(30)25-6-3-8-28-9-7-24-12-28/h4-5,7,9-12H,2-3,6,8H2,1H3,(H,25,30). The summed E-state index contributed by atoms with van der Waals surface area (Å²) in [7, 11) is 0. The van der Waals surface area contributed by atoms with Gasteiger partial charge in [-0.1, -0.05) is 6.92 Å². The van der Waals surface area contributed by atoms with Gasteiger partial charge in [-0.3, -0.25) is 4.79 Å². The molecule has 0 aliphatic rings. The molecule has 1 N–H and O–H groups in total. The average molecular weight is 448 g/mol. The van der Waals surface area contributed by atoms with E-state index >= 15 is 0 Å². The molecule has 0 atom stereocenters. The summed E-state index contributed by atoms with van der Waals surface area (Å²) in [6, 6.07) is 5.88. The third-order valence-electron chi connectivity index (χ3n) is 4.65. The van der Waals surface area contributed by atoms with E-state index in [1.54, 1.807) is 18.6 Å². The Morgan fingerprint density at radius 1 is 1.26 bits per heavy atom. The summed E-state index contributed by atoms with van der Waals surface area (Å²) in [6.45, 7) is 2.99. The first-order valence-electron chi connectivity index (χ1n) is 9.66. The number of hydrogen-bond acceptors (Lipinski definition) is 5. The Balaban J connectivity index is 1.58. The normalized spacial score (nSPS) is 11.9. The van der Waals surface area contributed by atoms with Crippen LogP contribution in [0.25, 0.3) is 16.2 Å². The van der Waals surface area contributed by atoms with Gasteiger partial charge in [0.2, 0.25) is 0 Å². The number of rotatable bonds is 7. The number of fused-ring (bicyclic) bond motifs is 1. The fourth-order valence-corrected chi connectivity index (χ4v) is 4.00. The van der Waals surface area contributed by atoms with E-state index in [2.05, 4.69) is 20.4 Å². The summed E-state index contributed by atoms with van der Waals surface area (Å²) in [4.78, 5) is 22.4. The quantitative estimate of drug-likeness (QED) is 0.433. The zero-order chi connectivity index (χ0) is 22.0. The molecule has 0 saturated heterocycles. The number of halogens is 3. The van der Waals surface area contributed by atoms with Gasteiger partial charge >= 0.3 is 6.18 Å². The molecule has 0 radical (unpaired) electrons. The van der Waals surface area contributed by atoms with Crippen molar-refractivity contribution in [1.29, 1.82) is 0 Å². The van der Waals surface area contributed by atoms with Gasteiger partial charge in [0, 0.05) is 36.4 Å². The molecule has 4 aromatic rings. The monoisotopic (exact) mass is 448 g/mol. The number of nitrogens with zero attached hydrogens (tertiary/aromatic N) is 5. The third kappa shape index (κ3) is 4.61. The summed E-state index contributed by atoms with van der Waals surface area (Å²) in [5.74, 6) is -0.546. The second-order valence-electron chi connectivity index (χ2n) is 6.85. The molecule has 0 aliphatic carbocycles. The van der Waals surface area contributed by atoms with Gasteiger partial charge < -0.3 is 9.88 Å². The van der Waals surface area contributed by atoms with Crippen molar-refractivity contribution in [2.75, 3.05) is 6.54 Å². The van der Waals surface area contributed by atoms with E-state index in [0.717, 1.165) is 17.4 Å². The van der Waals surface area contributed by atoms with Crippen LogP contribution in [0.3, 0.4) is 0 Å². The third-order valence-corrected chi connectivity index (χ3v) is 5.90. The van der Waals surface area contributed by atoms with Crippen molar-refractivity contribution in [3.8, 4) is 10.6 Å². The first-order chi connectivity index (χ1) is 14.8. The molecule has 0 saturated carbocycles. The van der Waals surface area contributed by atoms with Crippen molar-refractivity contribution in [2.24, 2.45) is 0 Å². The van der Waals surface area contributed by atoms with E-state index in [1.165, 1.54) is 17.4 Å². The molecule has 7 nitrogen and oxygen atoms in total. The van der Waals surface area contributed by atoms with Crippen LogP contribution in [0.4, 0.5) is 13.2 Å². The molecule has 31 heavy (non-hydrogen) atoms. The highest BCUT2D eigenvalue weighted by Crippen LogP contribution is 2.34. The topological polar surface area (TPSA) is 77.1 Å². The highest BCUT2D eigenvalue weighted by atomic mass is 32.1. The van der Waals surface area contributed by atoms with Gasteiger partial charge in [0.15, 0.2) is 17.0 Å². The molecule has 0 spiro atoms. The predicted molar refractivity (Wildman–Crippen MR) is 110 cm³/mol. The van der Waals surface area contributed by atoms with Gasteiger partial charge in [0.25, 0.3) is 5.91 Å². The SMILES string of the molecule is CCc1ccc(-c2cc(C(F)(F)F)n3nc(C(=O)NCCCn4ccnc4)cc3n2)s1. The lowest BCUT2D eigenvalue weighted by atomic mass is 10.2. The Hall–Kier alpha value is -3.21. The van der Waals surface area contributed by atoms with E-state index in [0.29, 0.717) is 28.9 Å². The molecule has 0 aliphatic heterocycles. The molecule has 4 rings (SSSR count). The van der Waals surface area contributed by atoms with E-state index < -0.39 is 17.8 Å². The summed E-state index contributed by atoms with van der Waals surface area (Å²) >= 11 is 1.39. The first-order valence-corrected chi connectivity index (χ1v) is 10.5. The van der Waals surface area contributed by atoms with Crippen molar-refractivity contribution >= 4 is 22.9 Å². The number of nitrogens with one attached hydrogen (secondary N) is 1. The van der Waals surface area contributed by atoms with Gasteiger partial charge in [-0.15, -0.1) is 11.3 Å². The lowest BCUT2D eigenvalue weighted by Crippen LogP contribution is -2.25. The zero-order valence-electron chi connectivity index (χ0n) is 16.6. The average Bonchev–Trinajstić information content (AvgIpc) is 3.49. The van der Waals surface area contributed by atoms with Crippen molar-refractivity contribution in [3.05, 3.63) is 59.3 Å². The highest BCUT2D eigenvalue weighted by molar-refractivity contribution is 7.15. The van der Waals surface area contributed by atoms with Gasteiger partial charge in [-0.25, -0.2) is 14.5 Å². The van der Waals surface area contributed by atoms with Crippen LogP contribution in [0.1, 0.15) is 34.4 Å². The zero-order valence-corrected chi connectivity index (χ0v) is 17.4. The molecule has 162 valence electrons. The molecule has 1 amide bonds. The second-order valence-corrected chi connectivity index (χ2v) is 8.02. The molecular formula is C20H19F3N6OS. The number of aryl methyl sites for hydroxylation is 2. The maximum absolute atomic E-state index is 13.7. The number of carbonyl (C=O) groups is 1. The van der Waals surface area contributed by atoms with Gasteiger partial charge in [0.1, 0.15) is 0 Å². The van der Waals surface area contributed by atoms with E-state index in [4.69, 9.17) is 0 Å². The lowest BCUT2D eigenvalue weighted by Gasteiger charge is -2.10. The number of carbonyl (C=O) groups excluding carboxylic acids is 1. The number of thiophene rings is 1. The molecule has 0 aromatic carbocycles. The predicted octanol–water partition coefficient (Wildman–Crippen LogP) is 4.06. The van der Waals surface area contributed by atoms with Crippen LogP contribution in [-0.2, 0) is 19.1 Å². The summed E-state index contributed by atoms with van der Waals surface area (Å²) < 4.78 is 43.6. The molecule has 4 aromatic heterocycles. The van der Waals surface area contributed by atoms with Gasteiger partial charge in [-0.05, 0) is 31.0 Å². The number of hydrogen-bond donors (Lipinski definition) is 1. The maximum atomic E-state index is 13.7. The Morgan fingerprint density at radius 2 is 2.10 bits per heavy atom. The Morgan fingerprint density at radius 3 is 2.77 bits per heavy atom. The number of imidazole rings is 1. The van der Waals surface area contributed by atoms with Crippen molar-refractivity contribution in [2.45, 2.75) is 32.5 Å². The van der Waals surface area contributed by atoms with E-state index in [9.17, 15) is 18.0 Å². The first kappa shape index (κ1) is 21.0. The fourth-order valence-electron chi connectivity index (χ4n) is 3.09. The largest absolute Gasteiger partial charge is 0.433 e. The van der Waals surface area contributed by atoms with Crippen LogP contribution in [0, 0.1) is 0 Å². The van der Waals surface area contributed by atoms with Gasteiger partial charge in [0.05, 0.1) is 16.9 Å². The van der Waals surface area contributed by atoms with Crippen LogP contribution in [0.15, 0.2) is 43.0 Å². The molecular weight excluding hydrogens is 429 g/mol. The molecule has 11 heteroatoms. The fraction of sp³-hybridized carbons (Fsp3) is 0.300. The van der Waals surface area contributed by atoms with Crippen LogP contribution < -0.4 is 5.32 Å². The molecule has 0 bridgehead atoms.